The summed E-state index contributed by atoms with van der Waals surface area (Å²) in [4.78, 5) is 20.5. The number of hydrogen-bond donors (Lipinski definition) is 2. The number of nitrogens with zero attached hydrogens (tertiary/aromatic N) is 3. The van der Waals surface area contributed by atoms with Gasteiger partial charge in [-0.1, -0.05) is 17.3 Å². The second-order valence-corrected chi connectivity index (χ2v) is 5.12. The predicted octanol–water partition coefficient (Wildman–Crippen LogP) is 3.17. The molecule has 0 unspecified atom stereocenters. The van der Waals surface area contributed by atoms with Gasteiger partial charge < -0.3 is 19.9 Å². The third-order valence-electron chi connectivity index (χ3n) is 3.22. The fourth-order valence-corrected chi connectivity index (χ4v) is 2.14. The van der Waals surface area contributed by atoms with Gasteiger partial charge in [-0.15, -0.1) is 0 Å². The number of aryl methyl sites for hydroxylation is 1. The highest BCUT2D eigenvalue weighted by Crippen LogP contribution is 2.24. The summed E-state index contributed by atoms with van der Waals surface area (Å²) in [5.41, 5.74) is 0.790. The number of hydrogen-bond acceptors (Lipinski definition) is 7. The number of amides is 1. The average Bonchev–Trinajstić information content (AvgIpc) is 3.02. The molecule has 0 radical (unpaired) electrons. The van der Waals surface area contributed by atoms with Gasteiger partial charge in [0.1, 0.15) is 29.3 Å². The van der Waals surface area contributed by atoms with E-state index in [0.29, 0.717) is 35.4 Å². The summed E-state index contributed by atoms with van der Waals surface area (Å²) in [6.45, 7) is 4.17. The van der Waals surface area contributed by atoms with Crippen molar-refractivity contribution in [2.45, 2.75) is 13.8 Å². The molecule has 25 heavy (non-hydrogen) atoms. The molecule has 2 heterocycles. The molecule has 8 heteroatoms. The van der Waals surface area contributed by atoms with Crippen LogP contribution in [0.3, 0.4) is 0 Å². The van der Waals surface area contributed by atoms with E-state index in [2.05, 4.69) is 25.8 Å². The largest absolute Gasteiger partial charge is 0.492 e. The summed E-state index contributed by atoms with van der Waals surface area (Å²) in [6.07, 6.45) is 1.30. The van der Waals surface area contributed by atoms with E-state index >= 15 is 0 Å². The van der Waals surface area contributed by atoms with E-state index < -0.39 is 0 Å². The number of para-hydroxylation sites is 2. The highest BCUT2D eigenvalue weighted by Gasteiger charge is 2.12. The number of aromatic nitrogens is 3. The molecule has 3 rings (SSSR count). The summed E-state index contributed by atoms with van der Waals surface area (Å²) in [7, 11) is 0. The second kappa shape index (κ2) is 7.43. The average molecular weight is 339 g/mol. The number of carbonyl (C=O) groups excluding carboxylic acids is 1. The Morgan fingerprint density at radius 2 is 2.04 bits per heavy atom. The van der Waals surface area contributed by atoms with Crippen molar-refractivity contribution in [3.8, 4) is 5.75 Å². The van der Waals surface area contributed by atoms with Crippen LogP contribution in [0.15, 0.2) is 47.2 Å². The van der Waals surface area contributed by atoms with Crippen LogP contribution < -0.4 is 15.4 Å². The minimum absolute atomic E-state index is 0.212. The van der Waals surface area contributed by atoms with Gasteiger partial charge in [0.25, 0.3) is 5.91 Å². The molecule has 0 saturated heterocycles. The molecule has 3 aromatic rings. The van der Waals surface area contributed by atoms with E-state index in [1.165, 1.54) is 12.4 Å². The molecule has 0 saturated carbocycles. The fourth-order valence-electron chi connectivity index (χ4n) is 2.14. The molecule has 0 spiro atoms. The minimum atomic E-state index is -0.367. The Bertz CT molecular complexity index is 878. The zero-order chi connectivity index (χ0) is 17.6. The molecule has 0 atom stereocenters. The van der Waals surface area contributed by atoms with Crippen LogP contribution in [-0.4, -0.2) is 27.6 Å². The molecule has 0 aliphatic carbocycles. The van der Waals surface area contributed by atoms with Gasteiger partial charge in [-0.3, -0.25) is 4.79 Å². The highest BCUT2D eigenvalue weighted by atomic mass is 16.5. The second-order valence-electron chi connectivity index (χ2n) is 5.12. The monoisotopic (exact) mass is 339 g/mol. The lowest BCUT2D eigenvalue weighted by Crippen LogP contribution is -2.15. The van der Waals surface area contributed by atoms with Crippen LogP contribution in [0.2, 0.25) is 0 Å². The Balaban J connectivity index is 1.75. The number of benzene rings is 1. The summed E-state index contributed by atoms with van der Waals surface area (Å²) >= 11 is 0. The van der Waals surface area contributed by atoms with Gasteiger partial charge in [0.15, 0.2) is 5.82 Å². The molecular formula is C17H17N5O3. The molecule has 2 N–H and O–H groups in total. The molecule has 0 aliphatic heterocycles. The minimum Gasteiger partial charge on any atom is -0.492 e. The van der Waals surface area contributed by atoms with Crippen molar-refractivity contribution in [3.05, 3.63) is 54.2 Å². The quantitative estimate of drug-likeness (QED) is 0.711. The number of anilines is 3. The zero-order valence-electron chi connectivity index (χ0n) is 13.8. The molecule has 2 aromatic heterocycles. The predicted molar refractivity (Wildman–Crippen MR) is 92.1 cm³/mol. The smallest absolute Gasteiger partial charge is 0.274 e. The SMILES string of the molecule is CCOc1ccccc1NC(=O)c1cc(Nc2cc(C)on2)ncn1. The van der Waals surface area contributed by atoms with Gasteiger partial charge in [0.2, 0.25) is 0 Å². The van der Waals surface area contributed by atoms with Crippen LogP contribution in [0.1, 0.15) is 23.2 Å². The number of carbonyl (C=O) groups is 1. The van der Waals surface area contributed by atoms with E-state index in [1.54, 1.807) is 25.1 Å². The van der Waals surface area contributed by atoms with E-state index in [1.807, 2.05) is 19.1 Å². The molecule has 1 amide bonds. The number of nitrogens with one attached hydrogen (secondary N) is 2. The van der Waals surface area contributed by atoms with Gasteiger partial charge >= 0.3 is 0 Å². The van der Waals surface area contributed by atoms with Crippen molar-refractivity contribution in [3.63, 3.8) is 0 Å². The van der Waals surface area contributed by atoms with E-state index in [0.717, 1.165) is 0 Å². The Morgan fingerprint density at radius 1 is 1.20 bits per heavy atom. The van der Waals surface area contributed by atoms with Crippen LogP contribution in [-0.2, 0) is 0 Å². The Labute approximate surface area is 144 Å². The van der Waals surface area contributed by atoms with Crippen LogP contribution in [0, 0.1) is 6.92 Å². The normalized spacial score (nSPS) is 10.3. The topological polar surface area (TPSA) is 102 Å². The molecule has 0 bridgehead atoms. The summed E-state index contributed by atoms with van der Waals surface area (Å²) in [5.74, 6) is 1.84. The van der Waals surface area contributed by atoms with Crippen molar-refractivity contribution < 1.29 is 14.1 Å². The van der Waals surface area contributed by atoms with E-state index in [4.69, 9.17) is 9.26 Å². The van der Waals surface area contributed by atoms with Gasteiger partial charge in [0.05, 0.1) is 12.3 Å². The Kier molecular flexibility index (Phi) is 4.89. The number of ether oxygens (including phenoxy) is 1. The summed E-state index contributed by atoms with van der Waals surface area (Å²) in [6, 6.07) is 10.5. The van der Waals surface area contributed by atoms with Gasteiger partial charge in [0, 0.05) is 12.1 Å². The summed E-state index contributed by atoms with van der Waals surface area (Å²) < 4.78 is 10.5. The first-order valence-corrected chi connectivity index (χ1v) is 7.71. The van der Waals surface area contributed by atoms with Crippen LogP contribution >= 0.6 is 0 Å². The van der Waals surface area contributed by atoms with Crippen LogP contribution in [0.25, 0.3) is 0 Å². The van der Waals surface area contributed by atoms with Crippen LogP contribution in [0.5, 0.6) is 5.75 Å². The highest BCUT2D eigenvalue weighted by molar-refractivity contribution is 6.04. The molecule has 0 fully saturated rings. The molecule has 128 valence electrons. The number of rotatable bonds is 6. The van der Waals surface area contributed by atoms with E-state index in [-0.39, 0.29) is 11.6 Å². The maximum absolute atomic E-state index is 12.5. The zero-order valence-corrected chi connectivity index (χ0v) is 13.8. The van der Waals surface area contributed by atoms with Crippen molar-refractivity contribution in [1.29, 1.82) is 0 Å². The standard InChI is InChI=1S/C17H17N5O3/c1-3-24-14-7-5-4-6-12(14)20-17(23)13-9-15(19-10-18-13)21-16-8-11(2)25-22-16/h4-10H,3H2,1-2H3,(H,20,23)(H,18,19,21,22). The molecule has 1 aromatic carbocycles. The van der Waals surface area contributed by atoms with Crippen molar-refractivity contribution in [1.82, 2.24) is 15.1 Å². The lowest BCUT2D eigenvalue weighted by atomic mass is 10.2. The lowest BCUT2D eigenvalue weighted by Gasteiger charge is -2.11. The molecule has 8 nitrogen and oxygen atoms in total. The Morgan fingerprint density at radius 3 is 2.80 bits per heavy atom. The van der Waals surface area contributed by atoms with Gasteiger partial charge in [-0.25, -0.2) is 9.97 Å². The van der Waals surface area contributed by atoms with Crippen LogP contribution in [0.4, 0.5) is 17.3 Å². The van der Waals surface area contributed by atoms with Gasteiger partial charge in [-0.2, -0.15) is 0 Å². The lowest BCUT2D eigenvalue weighted by molar-refractivity contribution is 0.102. The van der Waals surface area contributed by atoms with Crippen molar-refractivity contribution >= 4 is 23.2 Å². The van der Waals surface area contributed by atoms with Crippen molar-refractivity contribution in [2.24, 2.45) is 0 Å². The maximum Gasteiger partial charge on any atom is 0.274 e. The van der Waals surface area contributed by atoms with E-state index in [9.17, 15) is 4.79 Å². The van der Waals surface area contributed by atoms with Crippen molar-refractivity contribution in [2.75, 3.05) is 17.2 Å². The van der Waals surface area contributed by atoms with Gasteiger partial charge in [-0.05, 0) is 26.0 Å². The Hall–Kier alpha value is -3.42. The third kappa shape index (κ3) is 4.11. The first-order chi connectivity index (χ1) is 12.2. The fraction of sp³-hybridized carbons (Fsp3) is 0.176. The maximum atomic E-state index is 12.5. The summed E-state index contributed by atoms with van der Waals surface area (Å²) in [5, 5.41) is 9.57. The first kappa shape index (κ1) is 16.4. The molecule has 0 aliphatic rings. The molecular weight excluding hydrogens is 322 g/mol. The third-order valence-corrected chi connectivity index (χ3v) is 3.22. The first-order valence-electron chi connectivity index (χ1n) is 7.71.